The molecule has 0 aliphatic rings. The van der Waals surface area contributed by atoms with Crippen molar-refractivity contribution < 1.29 is 9.13 Å². The number of thiophene rings is 1. The Morgan fingerprint density at radius 2 is 2.15 bits per heavy atom. The molecule has 0 spiro atoms. The molecule has 13 heavy (non-hydrogen) atoms. The number of ether oxygens (including phenoxy) is 1. The molecule has 2 aromatic rings. The summed E-state index contributed by atoms with van der Waals surface area (Å²) in [5.41, 5.74) is 1.05. The lowest BCUT2D eigenvalue weighted by Gasteiger charge is -2.00. The Kier molecular flexibility index (Phi) is 1.96. The van der Waals surface area contributed by atoms with Crippen molar-refractivity contribution in [2.75, 3.05) is 7.11 Å². The van der Waals surface area contributed by atoms with Crippen LogP contribution in [0.2, 0.25) is 0 Å². The van der Waals surface area contributed by atoms with Crippen molar-refractivity contribution in [2.45, 2.75) is 6.92 Å². The third kappa shape index (κ3) is 1.20. The molecule has 0 aliphatic carbocycles. The van der Waals surface area contributed by atoms with Crippen molar-refractivity contribution in [3.8, 4) is 5.75 Å². The first-order valence-corrected chi connectivity index (χ1v) is 4.82. The molecule has 0 aliphatic heterocycles. The highest BCUT2D eigenvalue weighted by Crippen LogP contribution is 2.35. The van der Waals surface area contributed by atoms with Crippen LogP contribution in [0, 0.1) is 12.7 Å². The standard InChI is InChI=1S/C10H9FOS/c1-6-3-4-7(11)10-9(6)8(12-2)5-13-10/h3-5H,1-2H3. The van der Waals surface area contributed by atoms with E-state index in [1.807, 2.05) is 12.3 Å². The molecule has 0 saturated carbocycles. The van der Waals surface area contributed by atoms with E-state index in [-0.39, 0.29) is 5.82 Å². The fraction of sp³-hybridized carbons (Fsp3) is 0.200. The number of fused-ring (bicyclic) bond motifs is 1. The van der Waals surface area contributed by atoms with Gasteiger partial charge < -0.3 is 4.74 Å². The van der Waals surface area contributed by atoms with Crippen molar-refractivity contribution in [1.82, 2.24) is 0 Å². The van der Waals surface area contributed by atoms with Gasteiger partial charge in [0.25, 0.3) is 0 Å². The highest BCUT2D eigenvalue weighted by Gasteiger charge is 2.10. The lowest BCUT2D eigenvalue weighted by Crippen LogP contribution is -1.83. The van der Waals surface area contributed by atoms with E-state index in [0.717, 1.165) is 16.7 Å². The molecule has 1 aromatic carbocycles. The van der Waals surface area contributed by atoms with Crippen LogP contribution >= 0.6 is 11.3 Å². The zero-order chi connectivity index (χ0) is 9.42. The summed E-state index contributed by atoms with van der Waals surface area (Å²) in [4.78, 5) is 0. The molecule has 2 rings (SSSR count). The van der Waals surface area contributed by atoms with Gasteiger partial charge in [0, 0.05) is 10.8 Å². The Balaban J connectivity index is 2.87. The average Bonchev–Trinajstić information content (AvgIpc) is 2.56. The maximum absolute atomic E-state index is 13.3. The van der Waals surface area contributed by atoms with Crippen LogP contribution in [-0.4, -0.2) is 7.11 Å². The highest BCUT2D eigenvalue weighted by atomic mass is 32.1. The van der Waals surface area contributed by atoms with Gasteiger partial charge in [0.2, 0.25) is 0 Å². The fourth-order valence-electron chi connectivity index (χ4n) is 1.40. The Morgan fingerprint density at radius 1 is 1.38 bits per heavy atom. The van der Waals surface area contributed by atoms with E-state index in [2.05, 4.69) is 0 Å². The molecule has 0 atom stereocenters. The number of methoxy groups -OCH3 is 1. The molecule has 0 fully saturated rings. The normalized spacial score (nSPS) is 10.7. The van der Waals surface area contributed by atoms with E-state index in [1.54, 1.807) is 13.2 Å². The summed E-state index contributed by atoms with van der Waals surface area (Å²) in [6.07, 6.45) is 0. The first-order valence-electron chi connectivity index (χ1n) is 3.94. The molecule has 0 bridgehead atoms. The maximum Gasteiger partial charge on any atom is 0.141 e. The van der Waals surface area contributed by atoms with Gasteiger partial charge in [-0.2, -0.15) is 0 Å². The summed E-state index contributed by atoms with van der Waals surface area (Å²) in [6.45, 7) is 1.96. The Morgan fingerprint density at radius 3 is 2.85 bits per heavy atom. The molecule has 0 unspecified atom stereocenters. The minimum atomic E-state index is -0.172. The van der Waals surface area contributed by atoms with Crippen LogP contribution in [0.1, 0.15) is 5.56 Å². The molecule has 0 N–H and O–H groups in total. The van der Waals surface area contributed by atoms with Crippen molar-refractivity contribution in [3.63, 3.8) is 0 Å². The van der Waals surface area contributed by atoms with Gasteiger partial charge >= 0.3 is 0 Å². The largest absolute Gasteiger partial charge is 0.495 e. The van der Waals surface area contributed by atoms with Gasteiger partial charge in [-0.25, -0.2) is 4.39 Å². The van der Waals surface area contributed by atoms with Crippen molar-refractivity contribution >= 4 is 21.4 Å². The summed E-state index contributed by atoms with van der Waals surface area (Å²) in [5.74, 6) is 0.589. The molecule has 1 aromatic heterocycles. The van der Waals surface area contributed by atoms with Crippen LogP contribution in [0.3, 0.4) is 0 Å². The van der Waals surface area contributed by atoms with Crippen LogP contribution < -0.4 is 4.74 Å². The Bertz CT molecular complexity index is 447. The van der Waals surface area contributed by atoms with Gasteiger partial charge in [-0.05, 0) is 18.6 Å². The highest BCUT2D eigenvalue weighted by molar-refractivity contribution is 7.17. The van der Waals surface area contributed by atoms with Crippen molar-refractivity contribution in [1.29, 1.82) is 0 Å². The minimum absolute atomic E-state index is 0.172. The van der Waals surface area contributed by atoms with Crippen LogP contribution in [-0.2, 0) is 0 Å². The lowest BCUT2D eigenvalue weighted by molar-refractivity contribution is 0.421. The second-order valence-electron chi connectivity index (χ2n) is 2.87. The topological polar surface area (TPSA) is 9.23 Å². The van der Waals surface area contributed by atoms with Gasteiger partial charge in [0.15, 0.2) is 0 Å². The Hall–Kier alpha value is -1.09. The van der Waals surface area contributed by atoms with Gasteiger partial charge in [0.05, 0.1) is 11.8 Å². The monoisotopic (exact) mass is 196 g/mol. The predicted molar refractivity (Wildman–Crippen MR) is 53.1 cm³/mol. The molecule has 0 radical (unpaired) electrons. The second kappa shape index (κ2) is 3.00. The Labute approximate surface area is 79.8 Å². The summed E-state index contributed by atoms with van der Waals surface area (Å²) < 4.78 is 19.1. The number of halogens is 1. The van der Waals surface area contributed by atoms with Crippen LogP contribution in [0.15, 0.2) is 17.5 Å². The summed E-state index contributed by atoms with van der Waals surface area (Å²) in [5, 5.41) is 2.73. The second-order valence-corrected chi connectivity index (χ2v) is 3.75. The van der Waals surface area contributed by atoms with Crippen LogP contribution in [0.25, 0.3) is 10.1 Å². The smallest absolute Gasteiger partial charge is 0.141 e. The molecular formula is C10H9FOS. The molecule has 0 saturated heterocycles. The molecular weight excluding hydrogens is 187 g/mol. The van der Waals surface area contributed by atoms with Gasteiger partial charge in [-0.1, -0.05) is 6.07 Å². The maximum atomic E-state index is 13.3. The molecule has 68 valence electrons. The number of aryl methyl sites for hydroxylation is 1. The molecule has 1 heterocycles. The van der Waals surface area contributed by atoms with Crippen LogP contribution in [0.5, 0.6) is 5.75 Å². The van der Waals surface area contributed by atoms with Gasteiger partial charge in [0.1, 0.15) is 11.6 Å². The average molecular weight is 196 g/mol. The van der Waals surface area contributed by atoms with E-state index < -0.39 is 0 Å². The number of hydrogen-bond donors (Lipinski definition) is 0. The van der Waals surface area contributed by atoms with Gasteiger partial charge in [-0.15, -0.1) is 11.3 Å². The lowest BCUT2D eigenvalue weighted by atomic mass is 10.1. The summed E-state index contributed by atoms with van der Waals surface area (Å²) in [6, 6.07) is 3.26. The summed E-state index contributed by atoms with van der Waals surface area (Å²) >= 11 is 1.38. The van der Waals surface area contributed by atoms with E-state index in [1.165, 1.54) is 17.4 Å². The van der Waals surface area contributed by atoms with Crippen molar-refractivity contribution in [2.24, 2.45) is 0 Å². The minimum Gasteiger partial charge on any atom is -0.495 e. The zero-order valence-corrected chi connectivity index (χ0v) is 8.24. The van der Waals surface area contributed by atoms with Crippen LogP contribution in [0.4, 0.5) is 4.39 Å². The van der Waals surface area contributed by atoms with E-state index in [0.29, 0.717) is 4.70 Å². The van der Waals surface area contributed by atoms with E-state index >= 15 is 0 Å². The third-order valence-corrected chi connectivity index (χ3v) is 3.03. The number of rotatable bonds is 1. The quantitative estimate of drug-likeness (QED) is 0.679. The van der Waals surface area contributed by atoms with Crippen molar-refractivity contribution in [3.05, 3.63) is 28.9 Å². The first-order chi connectivity index (χ1) is 6.24. The fourth-order valence-corrected chi connectivity index (χ4v) is 2.40. The number of hydrogen-bond acceptors (Lipinski definition) is 2. The SMILES string of the molecule is COc1csc2c(F)ccc(C)c12. The molecule has 1 nitrogen and oxygen atoms in total. The predicted octanol–water partition coefficient (Wildman–Crippen LogP) is 3.36. The first kappa shape index (κ1) is 8.51. The van der Waals surface area contributed by atoms with E-state index in [9.17, 15) is 4.39 Å². The van der Waals surface area contributed by atoms with E-state index in [4.69, 9.17) is 4.74 Å². The molecule has 3 heteroatoms. The summed E-state index contributed by atoms with van der Waals surface area (Å²) in [7, 11) is 1.60. The number of benzene rings is 1. The third-order valence-electron chi connectivity index (χ3n) is 2.07. The zero-order valence-electron chi connectivity index (χ0n) is 7.43. The van der Waals surface area contributed by atoms with Gasteiger partial charge in [-0.3, -0.25) is 0 Å². The molecule has 0 amide bonds.